The molecular formula is C19H37N5O6. The summed E-state index contributed by atoms with van der Waals surface area (Å²) in [6.07, 6.45) is 0.888. The number of amides is 3. The number of rotatable bonds is 14. The number of carboxylic acid groups (broad SMARTS) is 1. The Bertz CT molecular complexity index is 586. The van der Waals surface area contributed by atoms with Gasteiger partial charge in [0.15, 0.2) is 0 Å². The molecule has 0 aromatic carbocycles. The maximum atomic E-state index is 12.7. The molecule has 0 saturated heterocycles. The lowest BCUT2D eigenvalue weighted by Gasteiger charge is -2.26. The highest BCUT2D eigenvalue weighted by atomic mass is 16.4. The normalized spacial score (nSPS) is 17.0. The lowest BCUT2D eigenvalue weighted by Crippen LogP contribution is -2.57. The van der Waals surface area contributed by atoms with Crippen LogP contribution in [-0.4, -0.2) is 70.7 Å². The first kappa shape index (κ1) is 27.8. The quantitative estimate of drug-likeness (QED) is 0.160. The Balaban J connectivity index is 5.18. The van der Waals surface area contributed by atoms with Crippen LogP contribution in [0.1, 0.15) is 53.4 Å². The van der Waals surface area contributed by atoms with Crippen LogP contribution in [0.4, 0.5) is 0 Å². The van der Waals surface area contributed by atoms with Gasteiger partial charge in [0.25, 0.3) is 0 Å². The van der Waals surface area contributed by atoms with E-state index in [0.717, 1.165) is 0 Å². The summed E-state index contributed by atoms with van der Waals surface area (Å²) in [6.45, 7) is 6.70. The Morgan fingerprint density at radius 3 is 2.00 bits per heavy atom. The summed E-state index contributed by atoms with van der Waals surface area (Å²) in [6, 6.07) is -4.29. The number of aliphatic hydroxyl groups is 1. The monoisotopic (exact) mass is 431 g/mol. The van der Waals surface area contributed by atoms with E-state index >= 15 is 0 Å². The first-order valence-electron chi connectivity index (χ1n) is 10.2. The highest BCUT2D eigenvalue weighted by Gasteiger charge is 2.31. The van der Waals surface area contributed by atoms with Gasteiger partial charge >= 0.3 is 5.97 Å². The van der Waals surface area contributed by atoms with Crippen molar-refractivity contribution in [1.29, 1.82) is 0 Å². The minimum absolute atomic E-state index is 0.259. The molecule has 0 saturated carbocycles. The fourth-order valence-electron chi connectivity index (χ4n) is 2.59. The van der Waals surface area contributed by atoms with Crippen molar-refractivity contribution in [3.8, 4) is 0 Å². The number of carboxylic acids is 1. The molecule has 0 fully saturated rings. The summed E-state index contributed by atoms with van der Waals surface area (Å²) in [4.78, 5) is 48.6. The van der Waals surface area contributed by atoms with Crippen molar-refractivity contribution in [1.82, 2.24) is 16.0 Å². The molecule has 0 radical (unpaired) electrons. The molecule has 0 spiro atoms. The number of hydrogen-bond acceptors (Lipinski definition) is 7. The van der Waals surface area contributed by atoms with Crippen LogP contribution in [-0.2, 0) is 19.2 Å². The largest absolute Gasteiger partial charge is 0.480 e. The van der Waals surface area contributed by atoms with E-state index in [9.17, 15) is 29.4 Å². The van der Waals surface area contributed by atoms with E-state index in [2.05, 4.69) is 16.0 Å². The first-order chi connectivity index (χ1) is 14.0. The third-order valence-corrected chi connectivity index (χ3v) is 4.93. The fourth-order valence-corrected chi connectivity index (χ4v) is 2.59. The smallest absolute Gasteiger partial charge is 0.326 e. The second-order valence-electron chi connectivity index (χ2n) is 7.55. The average Bonchev–Trinajstić information content (AvgIpc) is 2.69. The number of unbranched alkanes of at least 4 members (excludes halogenated alkanes) is 1. The van der Waals surface area contributed by atoms with Crippen molar-refractivity contribution in [2.45, 2.75) is 83.6 Å². The van der Waals surface area contributed by atoms with Crippen LogP contribution in [0.2, 0.25) is 0 Å². The highest BCUT2D eigenvalue weighted by Crippen LogP contribution is 2.10. The van der Waals surface area contributed by atoms with E-state index in [1.165, 1.54) is 13.8 Å². The van der Waals surface area contributed by atoms with E-state index in [1.54, 1.807) is 6.92 Å². The van der Waals surface area contributed by atoms with Gasteiger partial charge in [-0.05, 0) is 45.6 Å². The van der Waals surface area contributed by atoms with E-state index in [1.807, 2.05) is 6.92 Å². The molecule has 0 aromatic rings. The van der Waals surface area contributed by atoms with Crippen LogP contribution in [0.25, 0.3) is 0 Å². The lowest BCUT2D eigenvalue weighted by molar-refractivity contribution is -0.144. The molecule has 6 unspecified atom stereocenters. The first-order valence-corrected chi connectivity index (χ1v) is 10.2. The number of nitrogens with two attached hydrogens (primary N) is 2. The minimum Gasteiger partial charge on any atom is -0.480 e. The summed E-state index contributed by atoms with van der Waals surface area (Å²) >= 11 is 0. The number of aliphatic carboxylic acids is 1. The second-order valence-corrected chi connectivity index (χ2v) is 7.55. The van der Waals surface area contributed by atoms with Gasteiger partial charge < -0.3 is 37.6 Å². The summed E-state index contributed by atoms with van der Waals surface area (Å²) < 4.78 is 0. The summed E-state index contributed by atoms with van der Waals surface area (Å²) in [5.41, 5.74) is 11.0. The van der Waals surface area contributed by atoms with Crippen molar-refractivity contribution in [3.05, 3.63) is 0 Å². The van der Waals surface area contributed by atoms with E-state index in [-0.39, 0.29) is 12.3 Å². The molecule has 0 bridgehead atoms. The molecule has 0 heterocycles. The molecule has 0 aliphatic rings. The summed E-state index contributed by atoms with van der Waals surface area (Å²) in [7, 11) is 0. The average molecular weight is 432 g/mol. The predicted molar refractivity (Wildman–Crippen MR) is 111 cm³/mol. The fraction of sp³-hybridized carbons (Fsp3) is 0.789. The van der Waals surface area contributed by atoms with Gasteiger partial charge in [0.1, 0.15) is 24.2 Å². The van der Waals surface area contributed by atoms with Crippen molar-refractivity contribution in [2.75, 3.05) is 6.54 Å². The van der Waals surface area contributed by atoms with Gasteiger partial charge in [0.2, 0.25) is 17.7 Å². The Hall–Kier alpha value is -2.24. The molecule has 3 amide bonds. The van der Waals surface area contributed by atoms with Crippen LogP contribution >= 0.6 is 0 Å². The molecule has 0 rings (SSSR count). The van der Waals surface area contributed by atoms with Gasteiger partial charge in [0.05, 0.1) is 6.10 Å². The molecule has 9 N–H and O–H groups in total. The molecule has 0 aromatic heterocycles. The third kappa shape index (κ3) is 9.51. The highest BCUT2D eigenvalue weighted by molar-refractivity contribution is 5.94. The number of nitrogens with one attached hydrogen (secondary N) is 3. The van der Waals surface area contributed by atoms with Crippen LogP contribution in [0.5, 0.6) is 0 Å². The van der Waals surface area contributed by atoms with Gasteiger partial charge in [0, 0.05) is 0 Å². The van der Waals surface area contributed by atoms with E-state index < -0.39 is 54.0 Å². The predicted octanol–water partition coefficient (Wildman–Crippen LogP) is -1.57. The number of aliphatic hydroxyl groups excluding tert-OH is 1. The van der Waals surface area contributed by atoms with Gasteiger partial charge in [-0.2, -0.15) is 0 Å². The third-order valence-electron chi connectivity index (χ3n) is 4.93. The Morgan fingerprint density at radius 1 is 0.933 bits per heavy atom. The molecule has 30 heavy (non-hydrogen) atoms. The minimum atomic E-state index is -1.20. The topological polar surface area (TPSA) is 197 Å². The Kier molecular flexibility index (Phi) is 12.8. The van der Waals surface area contributed by atoms with Crippen molar-refractivity contribution in [3.63, 3.8) is 0 Å². The van der Waals surface area contributed by atoms with Crippen LogP contribution in [0, 0.1) is 5.92 Å². The SMILES string of the molecule is CCC(C)C(NC(=O)C(CCCCN)NC(=O)C(C)NC(=O)C(N)C(C)O)C(=O)O. The van der Waals surface area contributed by atoms with Gasteiger partial charge in [-0.15, -0.1) is 0 Å². The van der Waals surface area contributed by atoms with Crippen LogP contribution < -0.4 is 27.4 Å². The van der Waals surface area contributed by atoms with Crippen LogP contribution in [0.3, 0.4) is 0 Å². The maximum Gasteiger partial charge on any atom is 0.326 e. The van der Waals surface area contributed by atoms with Crippen molar-refractivity contribution in [2.24, 2.45) is 17.4 Å². The van der Waals surface area contributed by atoms with E-state index in [0.29, 0.717) is 25.8 Å². The van der Waals surface area contributed by atoms with Crippen molar-refractivity contribution >= 4 is 23.7 Å². The zero-order valence-electron chi connectivity index (χ0n) is 18.2. The van der Waals surface area contributed by atoms with Crippen LogP contribution in [0.15, 0.2) is 0 Å². The zero-order valence-corrected chi connectivity index (χ0v) is 18.2. The maximum absolute atomic E-state index is 12.7. The summed E-state index contributed by atoms with van der Waals surface area (Å²) in [5, 5.41) is 26.2. The standard InChI is InChI=1S/C19H37N5O6/c1-5-10(2)15(19(29)30)24-17(27)13(8-6-7-9-20)23-16(26)11(3)22-18(28)14(21)12(4)25/h10-15,25H,5-9,20-21H2,1-4H3,(H,22,28)(H,23,26)(H,24,27)(H,29,30). The Labute approximate surface area is 177 Å². The molecule has 11 heteroatoms. The molecular weight excluding hydrogens is 394 g/mol. The van der Waals surface area contributed by atoms with Gasteiger partial charge in [-0.3, -0.25) is 14.4 Å². The second kappa shape index (κ2) is 13.9. The number of hydrogen-bond donors (Lipinski definition) is 7. The molecule has 11 nitrogen and oxygen atoms in total. The molecule has 0 aliphatic carbocycles. The summed E-state index contributed by atoms with van der Waals surface area (Å²) in [5.74, 6) is -3.42. The van der Waals surface area contributed by atoms with E-state index in [4.69, 9.17) is 11.5 Å². The van der Waals surface area contributed by atoms with Gasteiger partial charge in [-0.25, -0.2) is 4.79 Å². The molecule has 0 aliphatic heterocycles. The molecule has 6 atom stereocenters. The molecule has 174 valence electrons. The number of carbonyl (C=O) groups is 4. The Morgan fingerprint density at radius 2 is 1.53 bits per heavy atom. The zero-order chi connectivity index (χ0) is 23.4. The number of carbonyl (C=O) groups excluding carboxylic acids is 3. The van der Waals surface area contributed by atoms with Crippen molar-refractivity contribution < 1.29 is 29.4 Å². The lowest BCUT2D eigenvalue weighted by atomic mass is 9.98. The van der Waals surface area contributed by atoms with Gasteiger partial charge in [-0.1, -0.05) is 20.3 Å².